The van der Waals surface area contributed by atoms with Gasteiger partial charge in [0.1, 0.15) is 6.04 Å². The molecule has 0 radical (unpaired) electrons. The summed E-state index contributed by atoms with van der Waals surface area (Å²) >= 11 is 0. The van der Waals surface area contributed by atoms with Crippen molar-refractivity contribution in [3.05, 3.63) is 0 Å². The molecule has 0 saturated carbocycles. The third-order valence-corrected chi connectivity index (χ3v) is 7.37. The molecule has 0 aromatic heterocycles. The molecule has 0 heterocycles. The summed E-state index contributed by atoms with van der Waals surface area (Å²) in [4.78, 5) is 61.0. The number of aliphatic carboxylic acids is 1. The van der Waals surface area contributed by atoms with Crippen molar-refractivity contribution in [2.45, 2.75) is 97.2 Å². The van der Waals surface area contributed by atoms with Crippen molar-refractivity contribution in [2.75, 3.05) is 11.5 Å². The van der Waals surface area contributed by atoms with Gasteiger partial charge < -0.3 is 37.2 Å². The molecule has 37 heavy (non-hydrogen) atoms. The Morgan fingerprint density at radius 3 is 1.62 bits per heavy atom. The second-order valence-corrected chi connectivity index (χ2v) is 12.2. The number of carbonyl (C=O) groups excluding carboxylic acids is 4. The maximum absolute atomic E-state index is 12.8. The number of carboxylic acids is 1. The Hall–Kier alpha value is -1.87. The molecule has 0 aromatic carbocycles. The number of ketones is 1. The van der Waals surface area contributed by atoms with E-state index >= 15 is 0 Å². The first-order valence-electron chi connectivity index (χ1n) is 12.2. The summed E-state index contributed by atoms with van der Waals surface area (Å²) in [5.41, 5.74) is 5.26. The van der Waals surface area contributed by atoms with Crippen molar-refractivity contribution in [3.63, 3.8) is 0 Å². The highest BCUT2D eigenvalue weighted by Crippen LogP contribution is 2.24. The first-order valence-corrected chi connectivity index (χ1v) is 14.7. The molecular weight excluding hydrogens is 522 g/mol. The Balaban J connectivity index is 5.29. The van der Waals surface area contributed by atoms with Crippen molar-refractivity contribution < 1.29 is 34.2 Å². The van der Waals surface area contributed by atoms with Crippen LogP contribution in [-0.2, 0) is 24.0 Å². The number of nitrogens with two attached hydrogens (primary N) is 1. The van der Waals surface area contributed by atoms with Gasteiger partial charge in [0.2, 0.25) is 17.7 Å². The van der Waals surface area contributed by atoms with Crippen molar-refractivity contribution in [2.24, 2.45) is 11.7 Å². The fourth-order valence-electron chi connectivity index (χ4n) is 3.19. The number of aliphatic hydroxyl groups excluding tert-OH is 1. The van der Waals surface area contributed by atoms with Crippen LogP contribution < -0.4 is 27.0 Å². The van der Waals surface area contributed by atoms with Crippen LogP contribution in [0.5, 0.6) is 0 Å². The lowest BCUT2D eigenvalue weighted by Gasteiger charge is -2.25. The van der Waals surface area contributed by atoms with E-state index in [0.29, 0.717) is 0 Å². The van der Waals surface area contributed by atoms with E-state index in [-0.39, 0.29) is 35.3 Å². The van der Waals surface area contributed by atoms with E-state index in [2.05, 4.69) is 21.3 Å². The van der Waals surface area contributed by atoms with Gasteiger partial charge in [-0.05, 0) is 6.92 Å². The van der Waals surface area contributed by atoms with Crippen LogP contribution in [0.25, 0.3) is 0 Å². The minimum Gasteiger partial charge on any atom is -0.481 e. The van der Waals surface area contributed by atoms with Gasteiger partial charge in [-0.15, -0.1) is 0 Å². The molecule has 0 fully saturated rings. The predicted molar refractivity (Wildman–Crippen MR) is 146 cm³/mol. The van der Waals surface area contributed by atoms with Gasteiger partial charge in [0.15, 0.2) is 5.78 Å². The Morgan fingerprint density at radius 1 is 0.757 bits per heavy atom. The molecule has 0 aliphatic rings. The molecule has 8 N–H and O–H groups in total. The van der Waals surface area contributed by atoms with E-state index < -0.39 is 60.4 Å². The molecule has 14 heteroatoms. The molecule has 0 aliphatic carbocycles. The minimum absolute atomic E-state index is 0.0610. The van der Waals surface area contributed by atoms with Gasteiger partial charge >= 0.3 is 5.97 Å². The lowest BCUT2D eigenvalue weighted by atomic mass is 10.0. The number of amides is 3. The van der Waals surface area contributed by atoms with Crippen LogP contribution in [0.3, 0.4) is 0 Å². The summed E-state index contributed by atoms with van der Waals surface area (Å²) in [7, 11) is 2.57. The normalized spacial score (nSPS) is 15.6. The monoisotopic (exact) mass is 565 g/mol. The highest BCUT2D eigenvalue weighted by molar-refractivity contribution is 8.76. The number of hydrogen-bond acceptors (Lipinski definition) is 10. The first-order chi connectivity index (χ1) is 17.1. The highest BCUT2D eigenvalue weighted by atomic mass is 33.1. The number of Topliss-reactive ketones (excluding diaryl/α,β-unsaturated/α-hetero) is 1. The number of aliphatic hydroxyl groups is 1. The quantitative estimate of drug-likeness (QED) is 0.0796. The Kier molecular flexibility index (Phi) is 16.7. The number of hydrogen-bond donors (Lipinski definition) is 7. The summed E-state index contributed by atoms with van der Waals surface area (Å²) in [6.45, 7) is 12.1. The SMILES string of the molecule is CC(C)N[C@@H](CC(=O)O)C(=O)N[C@@H](CSSC[C@H](NC(C)C)C(=O)N[C@H](C(N)=O)[C@@H](C)O)C(=O)C(C)C. The van der Waals surface area contributed by atoms with Gasteiger partial charge in [0.25, 0.3) is 0 Å². The third kappa shape index (κ3) is 14.6. The van der Waals surface area contributed by atoms with Crippen molar-refractivity contribution in [1.29, 1.82) is 0 Å². The third-order valence-electron chi connectivity index (χ3n) is 4.95. The first kappa shape index (κ1) is 35.1. The van der Waals surface area contributed by atoms with Crippen LogP contribution in [-0.4, -0.2) is 93.5 Å². The Bertz CT molecular complexity index is 781. The molecule has 0 rings (SSSR count). The molecule has 0 unspecified atom stereocenters. The van der Waals surface area contributed by atoms with E-state index in [1.807, 2.05) is 13.8 Å². The second kappa shape index (κ2) is 17.6. The average molecular weight is 566 g/mol. The summed E-state index contributed by atoms with van der Waals surface area (Å²) in [5, 5.41) is 30.0. The van der Waals surface area contributed by atoms with Crippen molar-refractivity contribution in [1.82, 2.24) is 21.3 Å². The number of rotatable bonds is 19. The van der Waals surface area contributed by atoms with Crippen LogP contribution in [0.1, 0.15) is 54.9 Å². The largest absolute Gasteiger partial charge is 0.481 e. The Morgan fingerprint density at radius 2 is 1.22 bits per heavy atom. The van der Waals surface area contributed by atoms with Gasteiger partial charge in [-0.25, -0.2) is 0 Å². The molecule has 214 valence electrons. The molecular formula is C23H43N5O7S2. The zero-order valence-electron chi connectivity index (χ0n) is 22.6. The van der Waals surface area contributed by atoms with Crippen molar-refractivity contribution in [3.8, 4) is 0 Å². The molecule has 5 atom stereocenters. The van der Waals surface area contributed by atoms with Crippen LogP contribution in [0, 0.1) is 5.92 Å². The van der Waals surface area contributed by atoms with E-state index in [0.717, 1.165) is 0 Å². The minimum atomic E-state index is -1.23. The smallest absolute Gasteiger partial charge is 0.305 e. The van der Waals surface area contributed by atoms with Crippen LogP contribution in [0.15, 0.2) is 0 Å². The molecule has 0 aliphatic heterocycles. The summed E-state index contributed by atoms with van der Waals surface area (Å²) < 4.78 is 0. The highest BCUT2D eigenvalue weighted by Gasteiger charge is 2.30. The second-order valence-electron chi connectivity index (χ2n) is 9.66. The van der Waals surface area contributed by atoms with Crippen LogP contribution in [0.4, 0.5) is 0 Å². The summed E-state index contributed by atoms with van der Waals surface area (Å²) in [6.07, 6.45) is -1.59. The predicted octanol–water partition coefficient (Wildman–Crippen LogP) is -0.363. The molecule has 3 amide bonds. The van der Waals surface area contributed by atoms with E-state index in [1.165, 1.54) is 28.5 Å². The maximum atomic E-state index is 12.8. The van der Waals surface area contributed by atoms with E-state index in [4.69, 9.17) is 10.8 Å². The van der Waals surface area contributed by atoms with E-state index in [9.17, 15) is 29.1 Å². The number of carbonyl (C=O) groups is 5. The molecule has 0 bridgehead atoms. The summed E-state index contributed by atoms with van der Waals surface area (Å²) in [5.74, 6) is -3.18. The molecule has 12 nitrogen and oxygen atoms in total. The topological polar surface area (TPSA) is 200 Å². The maximum Gasteiger partial charge on any atom is 0.305 e. The number of primary amides is 1. The lowest BCUT2D eigenvalue weighted by molar-refractivity contribution is -0.140. The fourth-order valence-corrected chi connectivity index (χ4v) is 5.55. The summed E-state index contributed by atoms with van der Waals surface area (Å²) in [6, 6.07) is -4.00. The van der Waals surface area contributed by atoms with Gasteiger partial charge in [0, 0.05) is 29.5 Å². The standard InChI is InChI=1S/C23H43N5O7S2/c1-11(2)20(32)16(27-22(34)15(8-18(30)31)25-12(3)4)9-36-37-10-17(26-13(5)6)23(35)28-19(14(7)29)21(24)33/h11-17,19,25-26,29H,8-10H2,1-7H3,(H2,24,33)(H,27,34)(H,28,35)(H,30,31)/t14-,15+,16+,17+,19+/m1/s1. The zero-order valence-corrected chi connectivity index (χ0v) is 24.2. The van der Waals surface area contributed by atoms with Crippen LogP contribution in [0.2, 0.25) is 0 Å². The average Bonchev–Trinajstić information content (AvgIpc) is 2.75. The molecule has 0 saturated heterocycles. The number of carboxylic acid groups (broad SMARTS) is 1. The zero-order chi connectivity index (χ0) is 28.9. The van der Waals surface area contributed by atoms with Gasteiger partial charge in [0.05, 0.1) is 30.7 Å². The molecule has 0 aromatic rings. The lowest BCUT2D eigenvalue weighted by Crippen LogP contribution is -2.57. The fraction of sp³-hybridized carbons (Fsp3) is 0.783. The van der Waals surface area contributed by atoms with Gasteiger partial charge in [-0.2, -0.15) is 0 Å². The van der Waals surface area contributed by atoms with Crippen LogP contribution >= 0.6 is 21.6 Å². The van der Waals surface area contributed by atoms with Gasteiger partial charge in [-0.3, -0.25) is 24.0 Å². The number of nitrogens with one attached hydrogen (secondary N) is 4. The van der Waals surface area contributed by atoms with E-state index in [1.54, 1.807) is 27.7 Å². The van der Waals surface area contributed by atoms with Gasteiger partial charge in [-0.1, -0.05) is 63.1 Å². The molecule has 0 spiro atoms. The Labute approximate surface area is 226 Å². The van der Waals surface area contributed by atoms with Crippen molar-refractivity contribution >= 4 is 51.1 Å².